The van der Waals surface area contributed by atoms with Crippen LogP contribution in [0.5, 0.6) is 5.75 Å². The summed E-state index contributed by atoms with van der Waals surface area (Å²) < 4.78 is 35.8. The van der Waals surface area contributed by atoms with Crippen LogP contribution in [-0.4, -0.2) is 97.7 Å². The van der Waals surface area contributed by atoms with Crippen LogP contribution in [0.4, 0.5) is 14.0 Å². The second-order valence-corrected chi connectivity index (χ2v) is 21.2. The number of likely N-dealkylation sites (tertiary alicyclic amines) is 2. The van der Waals surface area contributed by atoms with E-state index in [0.29, 0.717) is 65.3 Å². The van der Waals surface area contributed by atoms with E-state index in [9.17, 15) is 19.2 Å². The fraction of sp³-hybridized carbons (Fsp3) is 0.472. The summed E-state index contributed by atoms with van der Waals surface area (Å²) in [6.45, 7) is 8.60. The Morgan fingerprint density at radius 2 is 1.30 bits per heavy atom. The minimum atomic E-state index is -0.769. The number of H-pyrrole nitrogens is 2. The third kappa shape index (κ3) is 9.15. The summed E-state index contributed by atoms with van der Waals surface area (Å²) in [6.07, 6.45) is 10.6. The topological polar surface area (TPSA) is 189 Å². The van der Waals surface area contributed by atoms with E-state index in [1.54, 1.807) is 33.5 Å². The van der Waals surface area contributed by atoms with Crippen molar-refractivity contribution < 1.29 is 37.8 Å². The van der Waals surface area contributed by atoms with E-state index in [2.05, 4.69) is 43.4 Å². The van der Waals surface area contributed by atoms with Crippen molar-refractivity contribution in [3.05, 3.63) is 88.1 Å². The molecule has 0 bridgehead atoms. The molecule has 374 valence electrons. The molecular weight excluding hydrogens is 926 g/mol. The molecule has 3 fully saturated rings. The molecule has 1 unspecified atom stereocenters. The van der Waals surface area contributed by atoms with Crippen LogP contribution in [0.3, 0.4) is 0 Å². The van der Waals surface area contributed by atoms with Gasteiger partial charge in [-0.3, -0.25) is 14.2 Å². The molecule has 4 aliphatic rings. The lowest BCUT2D eigenvalue weighted by Gasteiger charge is -2.30. The van der Waals surface area contributed by atoms with Gasteiger partial charge < -0.3 is 44.6 Å². The fourth-order valence-corrected chi connectivity index (χ4v) is 12.3. The fourth-order valence-electron chi connectivity index (χ4n) is 11.1. The number of hydrogen-bond acceptors (Lipinski definition) is 10. The van der Waals surface area contributed by atoms with Crippen LogP contribution in [0.25, 0.3) is 44.7 Å². The minimum Gasteiger partial charge on any atom is -0.464 e. The summed E-state index contributed by atoms with van der Waals surface area (Å²) in [5, 5.41) is 6.31. The van der Waals surface area contributed by atoms with Crippen LogP contribution >= 0.6 is 11.3 Å². The molecule has 2 aromatic carbocycles. The standard InChI is InChI=1S/C53H62FN9O7S/c1-28(2)45(59-52(66)68-5)49(64)61-20-10-14-38(61)47-55-26-35(57-47)31-16-17-37-33(22-31)24-40-44-34(54)23-32(25-41(44)70-51(63(37)40)43-19-18-42(71-43)30-12-8-7-9-13-30)36-27-56-48(58-36)39-15-11-21-62(39)50(65)46(29(3)4)60-53(67)69-6/h16-19,22-30,38-39,45-46,51H,7-15,20-21H2,1-6H3,(H,55,57)(H,56,58)(H,59,66)(H,60,67)/t38-,39-,45-,46-,51?/m0/s1. The Morgan fingerprint density at radius 3 is 1.87 bits per heavy atom. The van der Waals surface area contributed by atoms with Gasteiger partial charge in [-0.1, -0.05) is 53.0 Å². The molecule has 2 saturated heterocycles. The number of amides is 4. The summed E-state index contributed by atoms with van der Waals surface area (Å²) >= 11 is 1.77. The van der Waals surface area contributed by atoms with E-state index >= 15 is 4.39 Å². The van der Waals surface area contributed by atoms with Gasteiger partial charge in [-0.15, -0.1) is 11.3 Å². The smallest absolute Gasteiger partial charge is 0.407 e. The quantitative estimate of drug-likeness (QED) is 0.0925. The van der Waals surface area contributed by atoms with Crippen molar-refractivity contribution in [2.75, 3.05) is 27.3 Å². The molecule has 7 heterocycles. The Balaban J connectivity index is 0.976. The summed E-state index contributed by atoms with van der Waals surface area (Å²) in [5.74, 6) is 1.00. The first kappa shape index (κ1) is 48.0. The molecule has 0 spiro atoms. The number of nitrogens with one attached hydrogen (secondary N) is 4. The van der Waals surface area contributed by atoms with E-state index in [0.717, 1.165) is 46.3 Å². The van der Waals surface area contributed by atoms with Crippen LogP contribution in [0.2, 0.25) is 0 Å². The first-order valence-corrected chi connectivity index (χ1v) is 25.8. The van der Waals surface area contributed by atoms with E-state index < -0.39 is 36.3 Å². The average Bonchev–Trinajstić information content (AvgIpc) is 4.24. The first-order valence-electron chi connectivity index (χ1n) is 25.0. The van der Waals surface area contributed by atoms with Crippen molar-refractivity contribution in [2.45, 2.75) is 122 Å². The predicted octanol–water partition coefficient (Wildman–Crippen LogP) is 10.4. The normalized spacial score (nSPS) is 19.9. The number of aromatic nitrogens is 5. The number of rotatable bonds is 12. The van der Waals surface area contributed by atoms with Crippen LogP contribution in [-0.2, 0) is 19.1 Å². The van der Waals surface area contributed by atoms with Gasteiger partial charge in [0.25, 0.3) is 0 Å². The van der Waals surface area contributed by atoms with Gasteiger partial charge in [-0.2, -0.15) is 0 Å². The number of alkyl carbamates (subject to hydrolysis) is 2. The lowest BCUT2D eigenvalue weighted by atomic mass is 9.88. The van der Waals surface area contributed by atoms with Gasteiger partial charge in [0.15, 0.2) is 0 Å². The van der Waals surface area contributed by atoms with Crippen LogP contribution in [0, 0.1) is 17.7 Å². The minimum absolute atomic E-state index is 0.151. The molecule has 1 saturated carbocycles. The zero-order chi connectivity index (χ0) is 49.7. The molecule has 10 rings (SSSR count). The molecule has 16 nitrogen and oxygen atoms in total. The van der Waals surface area contributed by atoms with Gasteiger partial charge in [0, 0.05) is 34.5 Å². The zero-order valence-corrected chi connectivity index (χ0v) is 41.9. The van der Waals surface area contributed by atoms with Gasteiger partial charge in [-0.25, -0.2) is 23.9 Å². The molecule has 4 aromatic heterocycles. The maximum Gasteiger partial charge on any atom is 0.407 e. The van der Waals surface area contributed by atoms with Crippen molar-refractivity contribution in [2.24, 2.45) is 11.8 Å². The highest BCUT2D eigenvalue weighted by atomic mass is 32.1. The van der Waals surface area contributed by atoms with E-state index in [1.807, 2.05) is 52.0 Å². The molecule has 4 N–H and O–H groups in total. The number of benzene rings is 2. The monoisotopic (exact) mass is 987 g/mol. The van der Waals surface area contributed by atoms with Crippen molar-refractivity contribution >= 4 is 46.2 Å². The zero-order valence-electron chi connectivity index (χ0n) is 41.1. The second kappa shape index (κ2) is 19.8. The largest absolute Gasteiger partial charge is 0.464 e. The Kier molecular flexibility index (Phi) is 13.4. The van der Waals surface area contributed by atoms with E-state index in [4.69, 9.17) is 24.2 Å². The van der Waals surface area contributed by atoms with Crippen LogP contribution in [0.1, 0.15) is 131 Å². The number of halogens is 1. The van der Waals surface area contributed by atoms with Crippen molar-refractivity contribution in [3.63, 3.8) is 0 Å². The number of nitrogens with zero attached hydrogens (tertiary/aromatic N) is 5. The number of methoxy groups -OCH3 is 2. The number of aromatic amines is 2. The number of fused-ring (bicyclic) bond motifs is 5. The SMILES string of the molecule is COC(=O)N[C@H](C(=O)N1CCC[C@H]1c1ncc(-c2cc(F)c3c(c2)OC(c2ccc(C4CCCCC4)s2)n2c-3cc3cc(-c4cnc([C@@H]5CCCN5C(=O)[C@@H](NC(=O)OC)C(C)C)[nH]4)ccc32)[nH]1)C(C)C. The van der Waals surface area contributed by atoms with Gasteiger partial charge >= 0.3 is 12.2 Å². The van der Waals surface area contributed by atoms with Crippen molar-refractivity contribution in [1.29, 1.82) is 0 Å². The van der Waals surface area contributed by atoms with Crippen LogP contribution in [0.15, 0.2) is 60.9 Å². The summed E-state index contributed by atoms with van der Waals surface area (Å²) in [6, 6.07) is 13.8. The molecule has 3 aliphatic heterocycles. The summed E-state index contributed by atoms with van der Waals surface area (Å²) in [4.78, 5) is 74.4. The third-order valence-corrected chi connectivity index (χ3v) is 16.1. The average molecular weight is 988 g/mol. The molecule has 1 aliphatic carbocycles. The maximum absolute atomic E-state index is 17.0. The molecule has 4 amide bonds. The van der Waals surface area contributed by atoms with Crippen LogP contribution < -0.4 is 15.4 Å². The first-order chi connectivity index (χ1) is 34.3. The number of hydrogen-bond donors (Lipinski definition) is 4. The second-order valence-electron chi connectivity index (χ2n) is 20.0. The molecule has 18 heteroatoms. The number of thiophene rings is 1. The lowest BCUT2D eigenvalue weighted by molar-refractivity contribution is -0.136. The maximum atomic E-state index is 17.0. The Labute approximate surface area is 416 Å². The highest BCUT2D eigenvalue weighted by molar-refractivity contribution is 7.12. The molecular formula is C53H62FN9O7S. The Bertz CT molecular complexity index is 2970. The number of carbonyl (C=O) groups is 4. The van der Waals surface area contributed by atoms with Gasteiger partial charge in [0.2, 0.25) is 18.0 Å². The molecule has 0 radical (unpaired) electrons. The number of ether oxygens (including phenoxy) is 3. The number of carbonyl (C=O) groups excluding carboxylic acids is 4. The Hall–Kier alpha value is -6.69. The summed E-state index contributed by atoms with van der Waals surface area (Å²) in [5.41, 5.74) is 4.73. The lowest BCUT2D eigenvalue weighted by Crippen LogP contribution is -2.51. The van der Waals surface area contributed by atoms with E-state index in [-0.39, 0.29) is 35.7 Å². The third-order valence-electron chi connectivity index (χ3n) is 14.8. The molecule has 5 atom stereocenters. The van der Waals surface area contributed by atoms with Crippen molar-refractivity contribution in [3.8, 4) is 39.5 Å². The van der Waals surface area contributed by atoms with Gasteiger partial charge in [-0.05, 0) is 98.7 Å². The summed E-state index contributed by atoms with van der Waals surface area (Å²) in [7, 11) is 2.56. The van der Waals surface area contributed by atoms with E-state index in [1.165, 1.54) is 57.3 Å². The Morgan fingerprint density at radius 1 is 0.718 bits per heavy atom. The van der Waals surface area contributed by atoms with Gasteiger partial charge in [0.05, 0.1) is 71.7 Å². The predicted molar refractivity (Wildman–Crippen MR) is 267 cm³/mol. The number of imidazole rings is 2. The highest BCUT2D eigenvalue weighted by Gasteiger charge is 2.40. The molecule has 71 heavy (non-hydrogen) atoms. The molecule has 6 aromatic rings. The van der Waals surface area contributed by atoms with Gasteiger partial charge in [0.1, 0.15) is 35.3 Å². The highest BCUT2D eigenvalue weighted by Crippen LogP contribution is 2.49. The van der Waals surface area contributed by atoms with Crippen molar-refractivity contribution in [1.82, 2.24) is 44.9 Å².